The van der Waals surface area contributed by atoms with Crippen molar-refractivity contribution in [3.05, 3.63) is 34.3 Å². The van der Waals surface area contributed by atoms with Crippen LogP contribution in [0.3, 0.4) is 0 Å². The lowest BCUT2D eigenvalue weighted by Crippen LogP contribution is -2.30. The van der Waals surface area contributed by atoms with Crippen molar-refractivity contribution in [2.24, 2.45) is 11.7 Å². The van der Waals surface area contributed by atoms with E-state index in [1.807, 2.05) is 24.3 Å². The minimum absolute atomic E-state index is 0.0388. The summed E-state index contributed by atoms with van der Waals surface area (Å²) in [6.45, 7) is 0.348. The van der Waals surface area contributed by atoms with Gasteiger partial charge in [-0.3, -0.25) is 4.79 Å². The average molecular weight is 312 g/mol. The molecule has 0 bridgehead atoms. The minimum Gasteiger partial charge on any atom is -0.461 e. The van der Waals surface area contributed by atoms with Crippen molar-refractivity contribution in [2.75, 3.05) is 0 Å². The molecule has 0 aromatic heterocycles. The molecular formula is C14H18BrNO2. The standard InChI is InChI=1S/C14H18BrNO2/c15-12-3-1-2-10(8-12)9-18-14(17)11-4-6-13(16)7-5-11/h1-3,8,11,13H,4-7,9,16H2. The largest absolute Gasteiger partial charge is 0.461 e. The molecule has 0 radical (unpaired) electrons. The van der Waals surface area contributed by atoms with Crippen molar-refractivity contribution < 1.29 is 9.53 Å². The Bertz CT molecular complexity index is 414. The van der Waals surface area contributed by atoms with Gasteiger partial charge in [0.2, 0.25) is 0 Å². The molecule has 0 amide bonds. The molecule has 0 heterocycles. The van der Waals surface area contributed by atoms with Crippen LogP contribution in [0.2, 0.25) is 0 Å². The van der Waals surface area contributed by atoms with E-state index in [2.05, 4.69) is 15.9 Å². The normalized spacial score (nSPS) is 23.7. The summed E-state index contributed by atoms with van der Waals surface area (Å²) in [6.07, 6.45) is 3.57. The maximum absolute atomic E-state index is 11.9. The van der Waals surface area contributed by atoms with E-state index in [4.69, 9.17) is 10.5 Å². The number of halogens is 1. The molecule has 18 heavy (non-hydrogen) atoms. The lowest BCUT2D eigenvalue weighted by atomic mass is 9.86. The molecule has 1 aromatic carbocycles. The van der Waals surface area contributed by atoms with E-state index in [1.165, 1.54) is 0 Å². The first kappa shape index (κ1) is 13.6. The van der Waals surface area contributed by atoms with E-state index in [9.17, 15) is 4.79 Å². The number of ether oxygens (including phenoxy) is 1. The molecule has 0 atom stereocenters. The van der Waals surface area contributed by atoms with Crippen LogP contribution in [-0.4, -0.2) is 12.0 Å². The molecule has 0 saturated heterocycles. The summed E-state index contributed by atoms with van der Waals surface area (Å²) in [5, 5.41) is 0. The molecule has 1 aliphatic rings. The van der Waals surface area contributed by atoms with E-state index in [-0.39, 0.29) is 17.9 Å². The van der Waals surface area contributed by atoms with Gasteiger partial charge in [0.1, 0.15) is 6.61 Å². The number of benzene rings is 1. The van der Waals surface area contributed by atoms with Crippen molar-refractivity contribution in [1.29, 1.82) is 0 Å². The Morgan fingerprint density at radius 1 is 1.33 bits per heavy atom. The zero-order valence-corrected chi connectivity index (χ0v) is 11.9. The fourth-order valence-corrected chi connectivity index (χ4v) is 2.70. The predicted octanol–water partition coefficient (Wildman–Crippen LogP) is 3.01. The van der Waals surface area contributed by atoms with Gasteiger partial charge in [-0.15, -0.1) is 0 Å². The maximum atomic E-state index is 11.9. The Labute approximate surface area is 116 Å². The fraction of sp³-hybridized carbons (Fsp3) is 0.500. The Kier molecular flexibility index (Phi) is 4.78. The second-order valence-corrected chi connectivity index (χ2v) is 5.77. The van der Waals surface area contributed by atoms with E-state index in [1.54, 1.807) is 0 Å². The first-order valence-corrected chi connectivity index (χ1v) is 7.11. The van der Waals surface area contributed by atoms with Gasteiger partial charge in [0, 0.05) is 10.5 Å². The predicted molar refractivity (Wildman–Crippen MR) is 73.9 cm³/mol. The zero-order chi connectivity index (χ0) is 13.0. The Balaban J connectivity index is 1.81. The Morgan fingerprint density at radius 2 is 2.06 bits per heavy atom. The van der Waals surface area contributed by atoms with Gasteiger partial charge in [-0.05, 0) is 43.4 Å². The van der Waals surface area contributed by atoms with Crippen LogP contribution in [0, 0.1) is 5.92 Å². The van der Waals surface area contributed by atoms with Crippen molar-refractivity contribution in [1.82, 2.24) is 0 Å². The van der Waals surface area contributed by atoms with Gasteiger partial charge in [0.15, 0.2) is 0 Å². The molecule has 2 rings (SSSR count). The highest BCUT2D eigenvalue weighted by Gasteiger charge is 2.25. The molecule has 1 saturated carbocycles. The van der Waals surface area contributed by atoms with Crippen LogP contribution in [0.1, 0.15) is 31.2 Å². The van der Waals surface area contributed by atoms with Gasteiger partial charge in [-0.1, -0.05) is 28.1 Å². The highest BCUT2D eigenvalue weighted by molar-refractivity contribution is 9.10. The van der Waals surface area contributed by atoms with Crippen LogP contribution in [0.4, 0.5) is 0 Å². The quantitative estimate of drug-likeness (QED) is 0.873. The molecule has 0 aliphatic heterocycles. The van der Waals surface area contributed by atoms with Crippen LogP contribution < -0.4 is 5.73 Å². The lowest BCUT2D eigenvalue weighted by Gasteiger charge is -2.24. The van der Waals surface area contributed by atoms with Gasteiger partial charge >= 0.3 is 5.97 Å². The number of hydrogen-bond donors (Lipinski definition) is 1. The van der Waals surface area contributed by atoms with E-state index < -0.39 is 0 Å². The first-order valence-electron chi connectivity index (χ1n) is 6.32. The van der Waals surface area contributed by atoms with E-state index in [0.29, 0.717) is 6.61 Å². The number of carbonyl (C=O) groups is 1. The van der Waals surface area contributed by atoms with Crippen molar-refractivity contribution in [2.45, 2.75) is 38.3 Å². The fourth-order valence-electron chi connectivity index (χ4n) is 2.25. The molecule has 4 heteroatoms. The van der Waals surface area contributed by atoms with Crippen LogP contribution >= 0.6 is 15.9 Å². The van der Waals surface area contributed by atoms with Crippen molar-refractivity contribution >= 4 is 21.9 Å². The van der Waals surface area contributed by atoms with Crippen LogP contribution in [0.15, 0.2) is 28.7 Å². The molecule has 0 unspecified atom stereocenters. The summed E-state index contributed by atoms with van der Waals surface area (Å²) in [4.78, 5) is 11.9. The summed E-state index contributed by atoms with van der Waals surface area (Å²) in [7, 11) is 0. The van der Waals surface area contributed by atoms with Crippen molar-refractivity contribution in [3.63, 3.8) is 0 Å². The molecule has 2 N–H and O–H groups in total. The summed E-state index contributed by atoms with van der Waals surface area (Å²) in [5.74, 6) is -0.0428. The average Bonchev–Trinajstić information content (AvgIpc) is 2.37. The molecule has 1 fully saturated rings. The zero-order valence-electron chi connectivity index (χ0n) is 10.3. The molecular weight excluding hydrogens is 294 g/mol. The van der Waals surface area contributed by atoms with E-state index >= 15 is 0 Å². The number of rotatable bonds is 3. The lowest BCUT2D eigenvalue weighted by molar-refractivity contribution is -0.151. The third-order valence-corrected chi connectivity index (χ3v) is 3.87. The molecule has 1 aliphatic carbocycles. The smallest absolute Gasteiger partial charge is 0.309 e. The van der Waals surface area contributed by atoms with Crippen LogP contribution in [0.5, 0.6) is 0 Å². The number of hydrogen-bond acceptors (Lipinski definition) is 3. The molecule has 3 nitrogen and oxygen atoms in total. The second kappa shape index (κ2) is 6.34. The number of carbonyl (C=O) groups excluding carboxylic acids is 1. The van der Waals surface area contributed by atoms with Crippen LogP contribution in [-0.2, 0) is 16.1 Å². The number of nitrogens with two attached hydrogens (primary N) is 1. The van der Waals surface area contributed by atoms with Crippen LogP contribution in [0.25, 0.3) is 0 Å². The summed E-state index contributed by atoms with van der Waals surface area (Å²) in [6, 6.07) is 8.07. The van der Waals surface area contributed by atoms with Gasteiger partial charge < -0.3 is 10.5 Å². The topological polar surface area (TPSA) is 52.3 Å². The third-order valence-electron chi connectivity index (χ3n) is 3.38. The maximum Gasteiger partial charge on any atom is 0.309 e. The van der Waals surface area contributed by atoms with Crippen molar-refractivity contribution in [3.8, 4) is 0 Å². The highest BCUT2D eigenvalue weighted by Crippen LogP contribution is 2.24. The SMILES string of the molecule is NC1CCC(C(=O)OCc2cccc(Br)c2)CC1. The molecule has 0 spiro atoms. The Hall–Kier alpha value is -0.870. The third kappa shape index (κ3) is 3.82. The first-order chi connectivity index (χ1) is 8.65. The minimum atomic E-state index is -0.0816. The molecule has 98 valence electrons. The summed E-state index contributed by atoms with van der Waals surface area (Å²) >= 11 is 3.40. The monoisotopic (exact) mass is 311 g/mol. The Morgan fingerprint density at radius 3 is 2.72 bits per heavy atom. The van der Waals surface area contributed by atoms with Gasteiger partial charge in [-0.2, -0.15) is 0 Å². The summed E-state index contributed by atoms with van der Waals surface area (Å²) < 4.78 is 6.36. The molecule has 1 aromatic rings. The van der Waals surface area contributed by atoms with Gasteiger partial charge in [0.25, 0.3) is 0 Å². The van der Waals surface area contributed by atoms with Gasteiger partial charge in [0.05, 0.1) is 5.92 Å². The van der Waals surface area contributed by atoms with E-state index in [0.717, 1.165) is 35.7 Å². The number of esters is 1. The second-order valence-electron chi connectivity index (χ2n) is 4.85. The van der Waals surface area contributed by atoms with Gasteiger partial charge in [-0.25, -0.2) is 0 Å². The highest BCUT2D eigenvalue weighted by atomic mass is 79.9. The summed E-state index contributed by atoms with van der Waals surface area (Å²) in [5.41, 5.74) is 6.83.